The van der Waals surface area contributed by atoms with Gasteiger partial charge in [-0.2, -0.15) is 0 Å². The summed E-state index contributed by atoms with van der Waals surface area (Å²) in [6, 6.07) is 44.4. The van der Waals surface area contributed by atoms with Gasteiger partial charge in [-0.05, 0) is 22.3 Å². The Balaban J connectivity index is 1.49. The van der Waals surface area contributed by atoms with Crippen molar-refractivity contribution in [2.24, 2.45) is 0 Å². The highest BCUT2D eigenvalue weighted by Gasteiger charge is 2.34. The van der Waals surface area contributed by atoms with Crippen LogP contribution >= 0.6 is 0 Å². The maximum atomic E-state index is 2.71. The highest BCUT2D eigenvalue weighted by atomic mass is 15.3. The Kier molecular flexibility index (Phi) is 6.96. The first-order valence-corrected chi connectivity index (χ1v) is 12.0. The Morgan fingerprint density at radius 1 is 0.545 bits per heavy atom. The van der Waals surface area contributed by atoms with Crippen LogP contribution in [0.25, 0.3) is 0 Å². The molecule has 2 nitrogen and oxygen atoms in total. The lowest BCUT2D eigenvalue weighted by Crippen LogP contribution is -2.54. The molecule has 1 aliphatic rings. The molecule has 2 heteroatoms. The average Bonchev–Trinajstić information content (AvgIpc) is 2.88. The van der Waals surface area contributed by atoms with E-state index in [1.807, 2.05) is 0 Å². The van der Waals surface area contributed by atoms with Crippen molar-refractivity contribution in [2.75, 3.05) is 19.6 Å². The molecule has 0 bridgehead atoms. The Labute approximate surface area is 198 Å². The molecule has 5 rings (SSSR count). The number of benzene rings is 4. The zero-order chi connectivity index (χ0) is 22.3. The monoisotopic (exact) mass is 432 g/mol. The summed E-state index contributed by atoms with van der Waals surface area (Å²) < 4.78 is 0. The Morgan fingerprint density at radius 3 is 1.52 bits per heavy atom. The van der Waals surface area contributed by atoms with Gasteiger partial charge in [0, 0.05) is 44.7 Å². The van der Waals surface area contributed by atoms with Gasteiger partial charge in [0.05, 0.1) is 0 Å². The summed E-state index contributed by atoms with van der Waals surface area (Å²) >= 11 is 0. The van der Waals surface area contributed by atoms with Crippen LogP contribution in [0, 0.1) is 0 Å². The lowest BCUT2D eigenvalue weighted by atomic mass is 9.83. The van der Waals surface area contributed by atoms with Crippen LogP contribution in [0.3, 0.4) is 0 Å². The summed E-state index contributed by atoms with van der Waals surface area (Å²) in [6.45, 7) is 5.21. The molecule has 0 radical (unpaired) electrons. The molecular formula is C31H32N2. The largest absolute Gasteiger partial charge is 0.296 e. The van der Waals surface area contributed by atoms with Gasteiger partial charge >= 0.3 is 0 Å². The number of nitrogens with zero attached hydrogens (tertiary/aromatic N) is 2. The summed E-state index contributed by atoms with van der Waals surface area (Å²) in [5.41, 5.74) is 5.57. The minimum Gasteiger partial charge on any atom is -0.296 e. The average molecular weight is 433 g/mol. The van der Waals surface area contributed by atoms with Gasteiger partial charge in [-0.25, -0.2) is 0 Å². The van der Waals surface area contributed by atoms with Gasteiger partial charge in [-0.1, -0.05) is 121 Å². The second-order valence-corrected chi connectivity index (χ2v) is 9.04. The van der Waals surface area contributed by atoms with Crippen molar-refractivity contribution in [1.29, 1.82) is 0 Å². The SMILES string of the molecule is c1ccc(CN2CCN(Cc3ccccc3)C(C(c3ccccc3)c3ccccc3)C2)cc1. The van der Waals surface area contributed by atoms with E-state index >= 15 is 0 Å². The van der Waals surface area contributed by atoms with Crippen molar-refractivity contribution in [1.82, 2.24) is 9.80 Å². The van der Waals surface area contributed by atoms with E-state index in [1.165, 1.54) is 22.3 Å². The third-order valence-corrected chi connectivity index (χ3v) is 6.80. The van der Waals surface area contributed by atoms with Crippen LogP contribution in [-0.2, 0) is 13.1 Å². The molecule has 4 aromatic carbocycles. The zero-order valence-corrected chi connectivity index (χ0v) is 19.1. The lowest BCUT2D eigenvalue weighted by Gasteiger charge is -2.45. The summed E-state index contributed by atoms with van der Waals surface area (Å²) in [7, 11) is 0. The minimum absolute atomic E-state index is 0.328. The maximum Gasteiger partial charge on any atom is 0.0336 e. The fraction of sp³-hybridized carbons (Fsp3) is 0.226. The summed E-state index contributed by atoms with van der Waals surface area (Å²) in [6.07, 6.45) is 0. The molecule has 0 aromatic heterocycles. The van der Waals surface area contributed by atoms with Crippen molar-refractivity contribution >= 4 is 0 Å². The fourth-order valence-corrected chi connectivity index (χ4v) is 5.18. The van der Waals surface area contributed by atoms with E-state index < -0.39 is 0 Å². The predicted octanol–water partition coefficient (Wildman–Crippen LogP) is 6.21. The van der Waals surface area contributed by atoms with Gasteiger partial charge in [0.25, 0.3) is 0 Å². The second kappa shape index (κ2) is 10.6. The first-order valence-electron chi connectivity index (χ1n) is 12.0. The number of piperazine rings is 1. The van der Waals surface area contributed by atoms with Gasteiger partial charge < -0.3 is 0 Å². The normalized spacial score (nSPS) is 17.3. The highest BCUT2D eigenvalue weighted by molar-refractivity contribution is 5.35. The first-order chi connectivity index (χ1) is 16.4. The maximum absolute atomic E-state index is 2.71. The number of hydrogen-bond donors (Lipinski definition) is 0. The second-order valence-electron chi connectivity index (χ2n) is 9.04. The van der Waals surface area contributed by atoms with Crippen LogP contribution in [-0.4, -0.2) is 35.5 Å². The molecule has 0 aliphatic carbocycles. The smallest absolute Gasteiger partial charge is 0.0336 e. The van der Waals surface area contributed by atoms with E-state index in [2.05, 4.69) is 131 Å². The topological polar surface area (TPSA) is 6.48 Å². The summed E-state index contributed by atoms with van der Waals surface area (Å²) in [5, 5.41) is 0. The Morgan fingerprint density at radius 2 is 1.00 bits per heavy atom. The van der Waals surface area contributed by atoms with Crippen molar-refractivity contribution < 1.29 is 0 Å². The van der Waals surface area contributed by atoms with E-state index in [4.69, 9.17) is 0 Å². The van der Waals surface area contributed by atoms with Gasteiger partial charge in [0.15, 0.2) is 0 Å². The van der Waals surface area contributed by atoms with E-state index in [0.717, 1.165) is 32.7 Å². The molecule has 1 heterocycles. The van der Waals surface area contributed by atoms with Crippen molar-refractivity contribution in [3.8, 4) is 0 Å². The molecule has 1 aliphatic heterocycles. The van der Waals surface area contributed by atoms with Crippen molar-refractivity contribution in [2.45, 2.75) is 25.0 Å². The van der Waals surface area contributed by atoms with E-state index in [-0.39, 0.29) is 0 Å². The van der Waals surface area contributed by atoms with Gasteiger partial charge in [-0.15, -0.1) is 0 Å². The third-order valence-electron chi connectivity index (χ3n) is 6.80. The van der Waals surface area contributed by atoms with E-state index in [1.54, 1.807) is 0 Å². The van der Waals surface area contributed by atoms with Crippen LogP contribution in [0.1, 0.15) is 28.2 Å². The fourth-order valence-electron chi connectivity index (χ4n) is 5.18. The first kappa shape index (κ1) is 21.6. The van der Waals surface area contributed by atoms with Crippen molar-refractivity contribution in [3.63, 3.8) is 0 Å². The summed E-state index contributed by atoms with van der Waals surface area (Å²) in [5.74, 6) is 0.328. The van der Waals surface area contributed by atoms with Crippen LogP contribution in [0.15, 0.2) is 121 Å². The molecule has 1 unspecified atom stereocenters. The molecule has 0 saturated carbocycles. The van der Waals surface area contributed by atoms with Gasteiger partial charge in [0.2, 0.25) is 0 Å². The molecule has 1 atom stereocenters. The Hall–Kier alpha value is -3.20. The molecular weight excluding hydrogens is 400 g/mol. The highest BCUT2D eigenvalue weighted by Crippen LogP contribution is 2.34. The van der Waals surface area contributed by atoms with E-state index in [0.29, 0.717) is 12.0 Å². The molecule has 0 amide bonds. The zero-order valence-electron chi connectivity index (χ0n) is 19.1. The predicted molar refractivity (Wildman–Crippen MR) is 137 cm³/mol. The lowest BCUT2D eigenvalue weighted by molar-refractivity contribution is 0.0555. The van der Waals surface area contributed by atoms with Crippen molar-refractivity contribution in [3.05, 3.63) is 144 Å². The quantitative estimate of drug-likeness (QED) is 0.343. The van der Waals surface area contributed by atoms with Gasteiger partial charge in [-0.3, -0.25) is 9.80 Å². The molecule has 1 saturated heterocycles. The minimum atomic E-state index is 0.328. The van der Waals surface area contributed by atoms with Crippen LogP contribution < -0.4 is 0 Å². The molecule has 4 aromatic rings. The van der Waals surface area contributed by atoms with Gasteiger partial charge in [0.1, 0.15) is 0 Å². The van der Waals surface area contributed by atoms with Crippen LogP contribution in [0.4, 0.5) is 0 Å². The molecule has 166 valence electrons. The standard InChI is InChI=1S/C31H32N2/c1-5-13-26(14-6-1)23-32-21-22-33(24-27-15-7-2-8-16-27)30(25-32)31(28-17-9-3-10-18-28)29-19-11-4-12-20-29/h1-20,30-31H,21-25H2. The van der Waals surface area contributed by atoms with E-state index in [9.17, 15) is 0 Å². The summed E-state index contributed by atoms with van der Waals surface area (Å²) in [4.78, 5) is 5.35. The number of hydrogen-bond acceptors (Lipinski definition) is 2. The molecule has 33 heavy (non-hydrogen) atoms. The molecule has 1 fully saturated rings. The van der Waals surface area contributed by atoms with Crippen LogP contribution in [0.2, 0.25) is 0 Å². The van der Waals surface area contributed by atoms with Crippen LogP contribution in [0.5, 0.6) is 0 Å². The third kappa shape index (κ3) is 5.42. The molecule has 0 N–H and O–H groups in total. The Bertz CT molecular complexity index is 1060. The molecule has 0 spiro atoms. The number of rotatable bonds is 7.